The van der Waals surface area contributed by atoms with Crippen molar-refractivity contribution in [3.63, 3.8) is 0 Å². The fourth-order valence-corrected chi connectivity index (χ4v) is 0. The third kappa shape index (κ3) is 266. The number of rotatable bonds is 0. The Balaban J connectivity index is -0.00000000889. The van der Waals surface area contributed by atoms with E-state index in [2.05, 4.69) is 0 Å². The summed E-state index contributed by atoms with van der Waals surface area (Å²) in [5, 5.41) is 0. The Morgan fingerprint density at radius 1 is 0.667 bits per heavy atom. The summed E-state index contributed by atoms with van der Waals surface area (Å²) >= 11 is 3.50. The molecule has 0 saturated carbocycles. The molecule has 0 radical (unpaired) electrons. The molecule has 0 rings (SSSR count). The Labute approximate surface area is 84.2 Å². The zero-order chi connectivity index (χ0) is 5.41. The zero-order valence-corrected chi connectivity index (χ0v) is 11.0. The second-order valence-electron chi connectivity index (χ2n) is 0.816. The summed E-state index contributed by atoms with van der Waals surface area (Å²) in [6.45, 7) is 0. The van der Waals surface area contributed by atoms with Gasteiger partial charge in [0.15, 0.2) is 0 Å². The number of thioether (sulfide) groups is 2. The van der Waals surface area contributed by atoms with Gasteiger partial charge in [-0.3, -0.25) is 0 Å². The molecule has 0 bridgehead atoms. The van der Waals surface area contributed by atoms with E-state index in [0.29, 0.717) is 0 Å². The van der Waals surface area contributed by atoms with Gasteiger partial charge in [0.25, 0.3) is 0 Å². The third-order valence-corrected chi connectivity index (χ3v) is 0. The number of hydrogen-bond donors (Lipinski definition) is 0. The van der Waals surface area contributed by atoms with Crippen LogP contribution in [-0.4, -0.2) is 25.0 Å². The molecule has 0 heterocycles. The first kappa shape index (κ1) is 31.5. The molecule has 0 aliphatic heterocycles. The molecular weight excluding hydrogens is 331 g/mol. The second kappa shape index (κ2) is 57.5. The van der Waals surface area contributed by atoms with E-state index in [1.54, 1.807) is 23.5 Å². The Hall–Kier alpha value is 1.39. The Bertz CT molecular complexity index is 13.0. The minimum atomic E-state index is 0. The fourth-order valence-electron chi connectivity index (χ4n) is 0. The van der Waals surface area contributed by atoms with Gasteiger partial charge in [0.05, 0.1) is 0 Å². The predicted molar refractivity (Wildman–Crippen MR) is 51.7 cm³/mol. The molecule has 64 valence electrons. The normalized spacial score (nSPS) is 4.00. The second-order valence-corrected chi connectivity index (χ2v) is 2.45. The van der Waals surface area contributed by atoms with Crippen molar-refractivity contribution in [2.45, 2.75) is 0 Å². The maximum absolute atomic E-state index is 2.04. The summed E-state index contributed by atoms with van der Waals surface area (Å²) in [5.74, 6) is 0. The molecule has 0 aliphatic carbocycles. The molecule has 0 fully saturated rings. The molecule has 0 aromatic carbocycles. The Morgan fingerprint density at radius 3 is 0.667 bits per heavy atom. The van der Waals surface area contributed by atoms with Crippen LogP contribution < -0.4 is 0 Å². The van der Waals surface area contributed by atoms with Crippen LogP contribution in [0.1, 0.15) is 0 Å². The van der Waals surface area contributed by atoms with Gasteiger partial charge in [0.1, 0.15) is 0 Å². The molecule has 0 aromatic rings. The Morgan fingerprint density at radius 2 is 0.667 bits per heavy atom. The van der Waals surface area contributed by atoms with Gasteiger partial charge in [-0.05, 0) is 25.0 Å². The molecule has 0 atom stereocenters. The van der Waals surface area contributed by atoms with Gasteiger partial charge in [-0.15, -0.1) is 0 Å². The van der Waals surface area contributed by atoms with Crippen molar-refractivity contribution in [2.75, 3.05) is 25.0 Å². The topological polar surface area (TPSA) is 0 Å². The fraction of sp³-hybridized carbons (Fsp3) is 0.667. The summed E-state index contributed by atoms with van der Waals surface area (Å²) < 4.78 is 0. The summed E-state index contributed by atoms with van der Waals surface area (Å²) in [5.41, 5.74) is 0. The van der Waals surface area contributed by atoms with Crippen molar-refractivity contribution in [1.82, 2.24) is 0 Å². The van der Waals surface area contributed by atoms with E-state index in [1.807, 2.05) is 25.0 Å². The van der Waals surface area contributed by atoms with E-state index in [9.17, 15) is 0 Å². The van der Waals surface area contributed by atoms with Gasteiger partial charge in [-0.25, -0.2) is 0 Å². The molecule has 0 amide bonds. The van der Waals surface area contributed by atoms with E-state index >= 15 is 0 Å². The third-order valence-electron chi connectivity index (χ3n) is 0. The van der Waals surface area contributed by atoms with Crippen LogP contribution in [0.15, 0.2) is 0 Å². The van der Waals surface area contributed by atoms with Gasteiger partial charge in [0, 0.05) is 0 Å². The maximum atomic E-state index is 2.04. The smallest absolute Gasteiger partial charge is 0.358 e. The molecule has 0 N–H and O–H groups in total. The molecule has 3 heteroatoms. The zero-order valence-electron chi connectivity index (χ0n) is 7.13. The largest absolute Gasteiger partial charge is 2.00 e. The maximum Gasteiger partial charge on any atom is 2.00 e. The van der Waals surface area contributed by atoms with Crippen LogP contribution in [0.5, 0.6) is 0 Å². The van der Waals surface area contributed by atoms with Gasteiger partial charge < -0.3 is 14.9 Å². The molecule has 0 aromatic heterocycles. The van der Waals surface area contributed by atoms with Gasteiger partial charge >= 0.3 is 21.1 Å². The van der Waals surface area contributed by atoms with E-state index in [0.717, 1.165) is 0 Å². The molecule has 0 nitrogen and oxygen atoms in total. The van der Waals surface area contributed by atoms with Crippen molar-refractivity contribution < 1.29 is 21.1 Å². The van der Waals surface area contributed by atoms with Crippen molar-refractivity contribution in [2.24, 2.45) is 0 Å². The van der Waals surface area contributed by atoms with Crippen LogP contribution >= 0.6 is 23.5 Å². The molecule has 0 aliphatic rings. The van der Waals surface area contributed by atoms with Gasteiger partial charge in [-0.1, -0.05) is 0 Å². The van der Waals surface area contributed by atoms with E-state index < -0.39 is 0 Å². The van der Waals surface area contributed by atoms with E-state index in [-0.39, 0.29) is 35.9 Å². The van der Waals surface area contributed by atoms with Crippen molar-refractivity contribution >= 4 is 23.5 Å². The summed E-state index contributed by atoms with van der Waals surface area (Å²) in [6, 6.07) is 0. The van der Waals surface area contributed by atoms with Gasteiger partial charge in [-0.2, -0.15) is 23.5 Å². The Kier molecular flexibility index (Phi) is 202. The molecule has 0 spiro atoms. The average molecular weight is 349 g/mol. The van der Waals surface area contributed by atoms with Crippen molar-refractivity contribution in [1.29, 1.82) is 0 Å². The molecular formula is C6H18PtS2. The monoisotopic (exact) mass is 349 g/mol. The summed E-state index contributed by atoms with van der Waals surface area (Å²) in [4.78, 5) is 0. The summed E-state index contributed by atoms with van der Waals surface area (Å²) in [6.07, 6.45) is 8.17. The first-order chi connectivity index (χ1) is 2.83. The van der Waals surface area contributed by atoms with Crippen LogP contribution in [0.4, 0.5) is 0 Å². The van der Waals surface area contributed by atoms with Crippen molar-refractivity contribution in [3.8, 4) is 0 Å². The molecule has 9 heavy (non-hydrogen) atoms. The first-order valence-corrected chi connectivity index (χ1v) is 4.90. The van der Waals surface area contributed by atoms with Crippen LogP contribution in [0.2, 0.25) is 0 Å². The first-order valence-electron chi connectivity index (χ1n) is 1.63. The minimum Gasteiger partial charge on any atom is -0.358 e. The van der Waals surface area contributed by atoms with E-state index in [4.69, 9.17) is 0 Å². The van der Waals surface area contributed by atoms with Crippen molar-refractivity contribution in [3.05, 3.63) is 14.9 Å². The van der Waals surface area contributed by atoms with Gasteiger partial charge in [0.2, 0.25) is 0 Å². The van der Waals surface area contributed by atoms with Crippen LogP contribution in [0, 0.1) is 14.9 Å². The number of hydrogen-bond acceptors (Lipinski definition) is 2. The quantitative estimate of drug-likeness (QED) is 0.617. The standard InChI is InChI=1S/2C2H6S.2CH3.Pt/c2*1-3-2;;;/h2*1-2H3;2*1H3;/q;;2*-1;+2. The van der Waals surface area contributed by atoms with Crippen LogP contribution in [-0.2, 0) is 21.1 Å². The summed E-state index contributed by atoms with van der Waals surface area (Å²) in [7, 11) is 0. The van der Waals surface area contributed by atoms with E-state index in [1.165, 1.54) is 0 Å². The SMILES string of the molecule is CSC.CSC.[CH3-].[CH3-].[Pt+2]. The predicted octanol–water partition coefficient (Wildman–Crippen LogP) is 2.86. The minimum absolute atomic E-state index is 0. The van der Waals surface area contributed by atoms with Crippen LogP contribution in [0.25, 0.3) is 0 Å². The molecule has 0 saturated heterocycles. The molecule has 0 unspecified atom stereocenters. The average Bonchev–Trinajstić information content (AvgIpc) is 1.39. The van der Waals surface area contributed by atoms with Crippen LogP contribution in [0.3, 0.4) is 0 Å².